The van der Waals surface area contributed by atoms with E-state index in [0.717, 1.165) is 6.42 Å². The van der Waals surface area contributed by atoms with E-state index in [2.05, 4.69) is 10.1 Å². The largest absolute Gasteiger partial charge is 0.493 e. The molecule has 0 aliphatic heterocycles. The number of rotatable bonds is 5. The fraction of sp³-hybridized carbons (Fsp3) is 0.385. The molecule has 1 unspecified atom stereocenters. The van der Waals surface area contributed by atoms with E-state index in [9.17, 15) is 5.11 Å². The molecule has 0 saturated heterocycles. The minimum Gasteiger partial charge on any atom is -0.493 e. The van der Waals surface area contributed by atoms with E-state index in [4.69, 9.17) is 16.3 Å². The van der Waals surface area contributed by atoms with Crippen LogP contribution in [0.1, 0.15) is 30.7 Å². The van der Waals surface area contributed by atoms with Gasteiger partial charge >= 0.3 is 0 Å². The molecule has 19 heavy (non-hydrogen) atoms. The van der Waals surface area contributed by atoms with Crippen LogP contribution in [0.3, 0.4) is 0 Å². The number of aliphatic hydroxyl groups excluding tert-OH is 1. The third kappa shape index (κ3) is 2.72. The standard InChI is InChI=1S/C13H16ClN3O2/c1-3-6-17-12(11(19-2)8-16-17)13(18)9-4-5-15-7-10(9)14/h4-5,7-8,13,18H,3,6H2,1-2H3. The molecule has 0 radical (unpaired) electrons. The summed E-state index contributed by atoms with van der Waals surface area (Å²) in [5.74, 6) is 0.550. The number of methoxy groups -OCH3 is 1. The summed E-state index contributed by atoms with van der Waals surface area (Å²) < 4.78 is 6.99. The molecule has 0 amide bonds. The van der Waals surface area contributed by atoms with Gasteiger partial charge in [0.15, 0.2) is 5.75 Å². The molecule has 0 aliphatic carbocycles. The maximum atomic E-state index is 10.5. The molecule has 2 aromatic rings. The Labute approximate surface area is 116 Å². The average molecular weight is 282 g/mol. The summed E-state index contributed by atoms with van der Waals surface area (Å²) in [6.07, 6.45) is 4.72. The molecule has 2 heterocycles. The van der Waals surface area contributed by atoms with Gasteiger partial charge in [0.1, 0.15) is 11.8 Å². The van der Waals surface area contributed by atoms with Crippen molar-refractivity contribution >= 4 is 11.6 Å². The molecular formula is C13H16ClN3O2. The topological polar surface area (TPSA) is 60.2 Å². The normalized spacial score (nSPS) is 12.4. The second kappa shape index (κ2) is 6.04. The smallest absolute Gasteiger partial charge is 0.163 e. The zero-order chi connectivity index (χ0) is 13.8. The van der Waals surface area contributed by atoms with Crippen molar-refractivity contribution in [1.82, 2.24) is 14.8 Å². The molecule has 1 N–H and O–H groups in total. The molecule has 0 bridgehead atoms. The number of nitrogens with zero attached hydrogens (tertiary/aromatic N) is 3. The minimum absolute atomic E-state index is 0.418. The van der Waals surface area contributed by atoms with Gasteiger partial charge in [-0.3, -0.25) is 9.67 Å². The van der Waals surface area contributed by atoms with Gasteiger partial charge in [0.25, 0.3) is 0 Å². The lowest BCUT2D eigenvalue weighted by atomic mass is 10.1. The van der Waals surface area contributed by atoms with Crippen LogP contribution in [0.25, 0.3) is 0 Å². The number of halogens is 1. The van der Waals surface area contributed by atoms with E-state index in [1.54, 1.807) is 30.3 Å². The molecule has 2 aromatic heterocycles. The maximum absolute atomic E-state index is 10.5. The summed E-state index contributed by atoms with van der Waals surface area (Å²) in [7, 11) is 1.55. The van der Waals surface area contributed by atoms with Crippen molar-refractivity contribution in [1.29, 1.82) is 0 Å². The molecule has 0 aliphatic rings. The minimum atomic E-state index is -0.889. The summed E-state index contributed by atoms with van der Waals surface area (Å²) in [5, 5.41) is 15.2. The maximum Gasteiger partial charge on any atom is 0.163 e. The quantitative estimate of drug-likeness (QED) is 0.914. The predicted molar refractivity (Wildman–Crippen MR) is 72.4 cm³/mol. The highest BCUT2D eigenvalue weighted by Gasteiger charge is 2.23. The van der Waals surface area contributed by atoms with Gasteiger partial charge in [-0.25, -0.2) is 0 Å². The lowest BCUT2D eigenvalue weighted by Gasteiger charge is -2.15. The third-order valence-electron chi connectivity index (χ3n) is 2.86. The van der Waals surface area contributed by atoms with Gasteiger partial charge in [0, 0.05) is 24.5 Å². The zero-order valence-corrected chi connectivity index (χ0v) is 11.6. The van der Waals surface area contributed by atoms with Crippen LogP contribution in [-0.4, -0.2) is 27.0 Å². The van der Waals surface area contributed by atoms with Gasteiger partial charge in [0.2, 0.25) is 0 Å². The van der Waals surface area contributed by atoms with Crippen molar-refractivity contribution in [3.63, 3.8) is 0 Å². The van der Waals surface area contributed by atoms with Crippen molar-refractivity contribution in [3.8, 4) is 5.75 Å². The van der Waals surface area contributed by atoms with E-state index in [0.29, 0.717) is 28.6 Å². The average Bonchev–Trinajstić information content (AvgIpc) is 2.82. The van der Waals surface area contributed by atoms with Crippen molar-refractivity contribution < 1.29 is 9.84 Å². The summed E-state index contributed by atoms with van der Waals surface area (Å²) in [6, 6.07) is 1.69. The Morgan fingerprint density at radius 2 is 2.26 bits per heavy atom. The van der Waals surface area contributed by atoms with Crippen molar-refractivity contribution in [2.24, 2.45) is 0 Å². The van der Waals surface area contributed by atoms with Crippen molar-refractivity contribution in [2.75, 3.05) is 7.11 Å². The van der Waals surface area contributed by atoms with E-state index >= 15 is 0 Å². The SMILES string of the molecule is CCCn1ncc(OC)c1C(O)c1ccncc1Cl. The zero-order valence-electron chi connectivity index (χ0n) is 10.9. The summed E-state index contributed by atoms with van der Waals surface area (Å²) in [4.78, 5) is 3.91. The first-order chi connectivity index (χ1) is 9.19. The Balaban J connectivity index is 2.45. The Morgan fingerprint density at radius 3 is 2.89 bits per heavy atom. The second-order valence-electron chi connectivity index (χ2n) is 4.12. The number of hydrogen-bond acceptors (Lipinski definition) is 4. The molecule has 1 atom stereocenters. The Kier molecular flexibility index (Phi) is 4.39. The van der Waals surface area contributed by atoms with Gasteiger partial charge in [-0.1, -0.05) is 18.5 Å². The van der Waals surface area contributed by atoms with Crippen LogP contribution in [0, 0.1) is 0 Å². The fourth-order valence-electron chi connectivity index (χ4n) is 1.96. The number of hydrogen-bond donors (Lipinski definition) is 1. The lowest BCUT2D eigenvalue weighted by molar-refractivity contribution is 0.202. The predicted octanol–water partition coefficient (Wildman–Crippen LogP) is 2.43. The highest BCUT2D eigenvalue weighted by atomic mass is 35.5. The van der Waals surface area contributed by atoms with Crippen LogP contribution >= 0.6 is 11.6 Å². The molecule has 0 fully saturated rings. The highest BCUT2D eigenvalue weighted by molar-refractivity contribution is 6.31. The van der Waals surface area contributed by atoms with Crippen LogP contribution in [-0.2, 0) is 6.54 Å². The van der Waals surface area contributed by atoms with Crippen LogP contribution in [0.2, 0.25) is 5.02 Å². The number of pyridine rings is 1. The number of ether oxygens (including phenoxy) is 1. The number of aliphatic hydroxyl groups is 1. The van der Waals surface area contributed by atoms with Crippen LogP contribution < -0.4 is 4.74 Å². The second-order valence-corrected chi connectivity index (χ2v) is 4.53. The van der Waals surface area contributed by atoms with Crippen molar-refractivity contribution in [3.05, 3.63) is 40.9 Å². The molecule has 0 saturated carbocycles. The van der Waals surface area contributed by atoms with Crippen LogP contribution in [0.5, 0.6) is 5.75 Å². The third-order valence-corrected chi connectivity index (χ3v) is 3.17. The first-order valence-corrected chi connectivity index (χ1v) is 6.44. The van der Waals surface area contributed by atoms with Gasteiger partial charge in [0.05, 0.1) is 18.3 Å². The first-order valence-electron chi connectivity index (χ1n) is 6.06. The highest BCUT2D eigenvalue weighted by Crippen LogP contribution is 2.33. The molecular weight excluding hydrogens is 266 g/mol. The summed E-state index contributed by atoms with van der Waals surface area (Å²) in [5.41, 5.74) is 1.20. The van der Waals surface area contributed by atoms with Crippen LogP contribution in [0.4, 0.5) is 0 Å². The van der Waals surface area contributed by atoms with E-state index < -0.39 is 6.10 Å². The summed E-state index contributed by atoms with van der Waals surface area (Å²) in [6.45, 7) is 2.75. The van der Waals surface area contributed by atoms with Gasteiger partial charge in [-0.2, -0.15) is 5.10 Å². The van der Waals surface area contributed by atoms with E-state index in [1.165, 1.54) is 6.20 Å². The Morgan fingerprint density at radius 1 is 1.47 bits per heavy atom. The molecule has 0 spiro atoms. The monoisotopic (exact) mass is 281 g/mol. The van der Waals surface area contributed by atoms with E-state index in [1.807, 2.05) is 6.92 Å². The molecule has 2 rings (SSSR count). The Hall–Kier alpha value is -1.59. The fourth-order valence-corrected chi connectivity index (χ4v) is 2.18. The summed E-state index contributed by atoms with van der Waals surface area (Å²) >= 11 is 6.07. The molecule has 0 aromatic carbocycles. The first kappa shape index (κ1) is 13.8. The van der Waals surface area contributed by atoms with Crippen molar-refractivity contribution in [2.45, 2.75) is 26.0 Å². The Bertz CT molecular complexity index is 557. The lowest BCUT2D eigenvalue weighted by Crippen LogP contribution is -2.11. The molecule has 6 heteroatoms. The molecule has 102 valence electrons. The van der Waals surface area contributed by atoms with Gasteiger partial charge in [-0.15, -0.1) is 0 Å². The molecule has 5 nitrogen and oxygen atoms in total. The van der Waals surface area contributed by atoms with Crippen LogP contribution in [0.15, 0.2) is 24.7 Å². The number of aryl methyl sites for hydroxylation is 1. The van der Waals surface area contributed by atoms with E-state index in [-0.39, 0.29) is 0 Å². The number of aromatic nitrogens is 3. The van der Waals surface area contributed by atoms with Gasteiger partial charge < -0.3 is 9.84 Å². The van der Waals surface area contributed by atoms with Gasteiger partial charge in [-0.05, 0) is 12.5 Å².